The van der Waals surface area contributed by atoms with Crippen molar-refractivity contribution in [3.63, 3.8) is 0 Å². The van der Waals surface area contributed by atoms with E-state index in [2.05, 4.69) is 5.32 Å². The number of nitrogens with one attached hydrogen (secondary N) is 1. The van der Waals surface area contributed by atoms with Crippen molar-refractivity contribution in [3.8, 4) is 0 Å². The van der Waals surface area contributed by atoms with Crippen LogP contribution in [-0.4, -0.2) is 32.9 Å². The maximum Gasteiger partial charge on any atom is 0.0590 e. The van der Waals surface area contributed by atoms with Gasteiger partial charge in [-0.15, -0.1) is 6.61 Å². The molecule has 0 amide bonds. The fraction of sp³-hybridized carbons (Fsp3) is 1.00. The van der Waals surface area contributed by atoms with Crippen LogP contribution in [0.1, 0.15) is 6.92 Å². The van der Waals surface area contributed by atoms with Crippen LogP contribution in [0.2, 0.25) is 0 Å². The smallest absolute Gasteiger partial charge is 0.0590 e. The topological polar surface area (TPSA) is 44.3 Å². The molecule has 0 unspecified atom stereocenters. The van der Waals surface area contributed by atoms with Crippen molar-refractivity contribution in [1.29, 1.82) is 0 Å². The Kier molecular flexibility index (Phi) is 7.77. The molecular weight excluding hydrogens is 118 g/mol. The SMILES string of the molecule is CCOCCNCC[O-]. The van der Waals surface area contributed by atoms with Gasteiger partial charge in [-0.25, -0.2) is 0 Å². The molecule has 0 spiro atoms. The van der Waals surface area contributed by atoms with Gasteiger partial charge in [-0.3, -0.25) is 0 Å². The molecule has 0 aliphatic carbocycles. The van der Waals surface area contributed by atoms with Gasteiger partial charge in [-0.2, -0.15) is 0 Å². The summed E-state index contributed by atoms with van der Waals surface area (Å²) in [6, 6.07) is 0. The van der Waals surface area contributed by atoms with Gasteiger partial charge in [0, 0.05) is 13.2 Å². The molecule has 0 fully saturated rings. The van der Waals surface area contributed by atoms with Crippen LogP contribution in [0.25, 0.3) is 0 Å². The van der Waals surface area contributed by atoms with E-state index in [9.17, 15) is 5.11 Å². The highest BCUT2D eigenvalue weighted by molar-refractivity contribution is 4.41. The summed E-state index contributed by atoms with van der Waals surface area (Å²) in [4.78, 5) is 0. The van der Waals surface area contributed by atoms with E-state index in [4.69, 9.17) is 4.74 Å². The molecule has 0 radical (unpaired) electrons. The van der Waals surface area contributed by atoms with E-state index in [-0.39, 0.29) is 6.61 Å². The van der Waals surface area contributed by atoms with Crippen molar-refractivity contribution in [2.45, 2.75) is 6.92 Å². The number of ether oxygens (including phenoxy) is 1. The summed E-state index contributed by atoms with van der Waals surface area (Å²) in [5.74, 6) is 0. The molecule has 0 aromatic rings. The van der Waals surface area contributed by atoms with Gasteiger partial charge < -0.3 is 15.2 Å². The number of hydrogen-bond acceptors (Lipinski definition) is 3. The van der Waals surface area contributed by atoms with Gasteiger partial charge in [0.2, 0.25) is 0 Å². The number of hydrogen-bond donors (Lipinski definition) is 1. The Morgan fingerprint density at radius 2 is 2.22 bits per heavy atom. The van der Waals surface area contributed by atoms with E-state index in [0.717, 1.165) is 13.2 Å². The first kappa shape index (κ1) is 8.88. The van der Waals surface area contributed by atoms with Gasteiger partial charge in [0.1, 0.15) is 0 Å². The molecule has 0 aromatic carbocycles. The quantitative estimate of drug-likeness (QED) is 0.470. The normalized spacial score (nSPS) is 10.0. The lowest BCUT2D eigenvalue weighted by molar-refractivity contribution is -0.365. The lowest BCUT2D eigenvalue weighted by Crippen LogP contribution is -2.27. The molecule has 0 saturated heterocycles. The fourth-order valence-electron chi connectivity index (χ4n) is 0.486. The Morgan fingerprint density at radius 3 is 2.78 bits per heavy atom. The zero-order valence-corrected chi connectivity index (χ0v) is 5.85. The summed E-state index contributed by atoms with van der Waals surface area (Å²) in [5.41, 5.74) is 0. The van der Waals surface area contributed by atoms with Gasteiger partial charge in [-0.1, -0.05) is 0 Å². The second-order valence-corrected chi connectivity index (χ2v) is 1.65. The molecule has 0 atom stereocenters. The van der Waals surface area contributed by atoms with Gasteiger partial charge >= 0.3 is 0 Å². The second kappa shape index (κ2) is 7.88. The first-order valence-electron chi connectivity index (χ1n) is 3.28. The van der Waals surface area contributed by atoms with Crippen LogP contribution < -0.4 is 10.4 Å². The van der Waals surface area contributed by atoms with Crippen molar-refractivity contribution < 1.29 is 9.84 Å². The minimum absolute atomic E-state index is 0.0495. The molecule has 1 N–H and O–H groups in total. The molecule has 0 heterocycles. The molecule has 56 valence electrons. The third-order valence-electron chi connectivity index (χ3n) is 0.906. The second-order valence-electron chi connectivity index (χ2n) is 1.65. The van der Waals surface area contributed by atoms with E-state index in [0.29, 0.717) is 13.2 Å². The van der Waals surface area contributed by atoms with Crippen LogP contribution in [-0.2, 0) is 4.74 Å². The Hall–Kier alpha value is -0.120. The molecule has 3 heteroatoms. The summed E-state index contributed by atoms with van der Waals surface area (Å²) in [6.45, 7) is 4.69. The summed E-state index contributed by atoms with van der Waals surface area (Å²) >= 11 is 0. The highest BCUT2D eigenvalue weighted by Crippen LogP contribution is 1.68. The van der Waals surface area contributed by atoms with Gasteiger partial charge in [0.25, 0.3) is 0 Å². The summed E-state index contributed by atoms with van der Waals surface area (Å²) in [7, 11) is 0. The van der Waals surface area contributed by atoms with Crippen molar-refractivity contribution in [2.75, 3.05) is 32.9 Å². The van der Waals surface area contributed by atoms with Crippen molar-refractivity contribution in [2.24, 2.45) is 0 Å². The van der Waals surface area contributed by atoms with Gasteiger partial charge in [0.15, 0.2) is 0 Å². The van der Waals surface area contributed by atoms with E-state index in [1.165, 1.54) is 0 Å². The lowest BCUT2D eigenvalue weighted by Gasteiger charge is -2.05. The molecule has 0 aromatic heterocycles. The third-order valence-corrected chi connectivity index (χ3v) is 0.906. The Labute approximate surface area is 56.0 Å². The van der Waals surface area contributed by atoms with Crippen LogP contribution in [0.3, 0.4) is 0 Å². The maximum atomic E-state index is 9.86. The van der Waals surface area contributed by atoms with E-state index >= 15 is 0 Å². The van der Waals surface area contributed by atoms with E-state index in [1.54, 1.807) is 0 Å². The summed E-state index contributed by atoms with van der Waals surface area (Å²) < 4.78 is 5.02. The highest BCUT2D eigenvalue weighted by Gasteiger charge is 1.81. The Balaban J connectivity index is 2.60. The minimum Gasteiger partial charge on any atom is -0.854 e. The molecular formula is C6H14NO2-. The predicted octanol–water partition coefficient (Wildman–Crippen LogP) is -1.03. The average Bonchev–Trinajstić information content (AvgIpc) is 1.89. The van der Waals surface area contributed by atoms with Crippen molar-refractivity contribution >= 4 is 0 Å². The molecule has 3 nitrogen and oxygen atoms in total. The monoisotopic (exact) mass is 132 g/mol. The van der Waals surface area contributed by atoms with Crippen LogP contribution in [0.15, 0.2) is 0 Å². The molecule has 0 bridgehead atoms. The molecule has 9 heavy (non-hydrogen) atoms. The van der Waals surface area contributed by atoms with Crippen molar-refractivity contribution in [1.82, 2.24) is 5.32 Å². The van der Waals surface area contributed by atoms with Gasteiger partial charge in [-0.05, 0) is 13.5 Å². The Morgan fingerprint density at radius 1 is 1.44 bits per heavy atom. The largest absolute Gasteiger partial charge is 0.854 e. The summed E-state index contributed by atoms with van der Waals surface area (Å²) in [6.07, 6.45) is 0. The molecule has 0 saturated carbocycles. The summed E-state index contributed by atoms with van der Waals surface area (Å²) in [5, 5.41) is 12.8. The zero-order valence-electron chi connectivity index (χ0n) is 5.85. The molecule has 0 rings (SSSR count). The van der Waals surface area contributed by atoms with Crippen molar-refractivity contribution in [3.05, 3.63) is 0 Å². The Bertz CT molecular complexity index is 44.3. The zero-order chi connectivity index (χ0) is 6.95. The minimum atomic E-state index is -0.0495. The standard InChI is InChI=1S/C6H14NO2/c1-2-9-6-4-7-3-5-8/h7H,2-6H2,1H3/q-1. The van der Waals surface area contributed by atoms with Gasteiger partial charge in [0.05, 0.1) is 6.61 Å². The van der Waals surface area contributed by atoms with Crippen LogP contribution in [0, 0.1) is 0 Å². The molecule has 0 aliphatic heterocycles. The van der Waals surface area contributed by atoms with E-state index < -0.39 is 0 Å². The number of rotatable bonds is 6. The first-order chi connectivity index (χ1) is 4.41. The lowest BCUT2D eigenvalue weighted by atomic mass is 10.6. The van der Waals surface area contributed by atoms with Crippen LogP contribution >= 0.6 is 0 Å². The third kappa shape index (κ3) is 7.88. The van der Waals surface area contributed by atoms with E-state index in [1.807, 2.05) is 6.92 Å². The maximum absolute atomic E-state index is 9.86. The highest BCUT2D eigenvalue weighted by atomic mass is 16.5. The van der Waals surface area contributed by atoms with Crippen LogP contribution in [0.5, 0.6) is 0 Å². The van der Waals surface area contributed by atoms with Crippen LogP contribution in [0.4, 0.5) is 0 Å². The predicted molar refractivity (Wildman–Crippen MR) is 34.2 cm³/mol. The first-order valence-corrected chi connectivity index (χ1v) is 3.28. The fourth-order valence-corrected chi connectivity index (χ4v) is 0.486. The average molecular weight is 132 g/mol. The molecule has 0 aliphatic rings.